The molecule has 0 amide bonds. The van der Waals surface area contributed by atoms with Gasteiger partial charge in [0.1, 0.15) is 12.4 Å². The number of hydrogen-bond donors (Lipinski definition) is 1. The van der Waals surface area contributed by atoms with E-state index < -0.39 is 4.92 Å². The fraction of sp³-hybridized carbons (Fsp3) is 0.667. The standard InChI is InChI=1S/C12H19N5O3/c1-16(2)15-11-10(17(18)19)12(14-8-13-11)20-9-6-4-3-5-7-9/h8-9H,3-7H2,1-2H3,(H,13,14,15). The van der Waals surface area contributed by atoms with Gasteiger partial charge in [0.2, 0.25) is 5.82 Å². The van der Waals surface area contributed by atoms with E-state index in [0.717, 1.165) is 25.7 Å². The number of hydrogen-bond acceptors (Lipinski definition) is 7. The van der Waals surface area contributed by atoms with Gasteiger partial charge in [0.15, 0.2) is 0 Å². The highest BCUT2D eigenvalue weighted by atomic mass is 16.6. The first-order chi connectivity index (χ1) is 9.58. The molecule has 1 heterocycles. The molecule has 8 nitrogen and oxygen atoms in total. The molecule has 0 bridgehead atoms. The first-order valence-corrected chi connectivity index (χ1v) is 6.68. The third-order valence-electron chi connectivity index (χ3n) is 3.13. The van der Waals surface area contributed by atoms with Crippen molar-refractivity contribution in [3.63, 3.8) is 0 Å². The lowest BCUT2D eigenvalue weighted by Crippen LogP contribution is -2.23. The Labute approximate surface area is 117 Å². The zero-order valence-electron chi connectivity index (χ0n) is 11.7. The molecule has 8 heteroatoms. The normalized spacial score (nSPS) is 16.1. The van der Waals surface area contributed by atoms with E-state index in [0.29, 0.717) is 0 Å². The molecule has 2 rings (SSSR count). The van der Waals surface area contributed by atoms with Crippen LogP contribution in [-0.4, -0.2) is 40.1 Å². The van der Waals surface area contributed by atoms with Crippen LogP contribution >= 0.6 is 0 Å². The smallest absolute Gasteiger partial charge is 0.374 e. The Morgan fingerprint density at radius 1 is 1.35 bits per heavy atom. The predicted molar refractivity (Wildman–Crippen MR) is 73.5 cm³/mol. The second kappa shape index (κ2) is 6.47. The minimum absolute atomic E-state index is 0.00422. The molecule has 0 aliphatic heterocycles. The van der Waals surface area contributed by atoms with E-state index in [9.17, 15) is 10.1 Å². The molecule has 110 valence electrons. The van der Waals surface area contributed by atoms with Crippen LogP contribution in [0.2, 0.25) is 0 Å². The Kier molecular flexibility index (Phi) is 4.67. The number of nitrogens with zero attached hydrogens (tertiary/aromatic N) is 4. The zero-order chi connectivity index (χ0) is 14.5. The van der Waals surface area contributed by atoms with Crippen molar-refractivity contribution in [2.24, 2.45) is 0 Å². The van der Waals surface area contributed by atoms with Crippen LogP contribution in [0, 0.1) is 10.1 Å². The molecule has 1 aromatic heterocycles. The van der Waals surface area contributed by atoms with E-state index >= 15 is 0 Å². The van der Waals surface area contributed by atoms with Crippen LogP contribution in [-0.2, 0) is 0 Å². The minimum Gasteiger partial charge on any atom is -0.469 e. The van der Waals surface area contributed by atoms with Crippen molar-refractivity contribution in [2.45, 2.75) is 38.2 Å². The molecule has 0 spiro atoms. The molecule has 1 N–H and O–H groups in total. The number of aromatic nitrogens is 2. The lowest BCUT2D eigenvalue weighted by molar-refractivity contribution is -0.385. The lowest BCUT2D eigenvalue weighted by Gasteiger charge is -2.22. The summed E-state index contributed by atoms with van der Waals surface area (Å²) in [6.07, 6.45) is 6.48. The van der Waals surface area contributed by atoms with Crippen LogP contribution in [0.4, 0.5) is 11.5 Å². The third-order valence-corrected chi connectivity index (χ3v) is 3.13. The second-order valence-corrected chi connectivity index (χ2v) is 5.02. The summed E-state index contributed by atoms with van der Waals surface area (Å²) >= 11 is 0. The summed E-state index contributed by atoms with van der Waals surface area (Å²) in [6, 6.07) is 0. The molecule has 0 atom stereocenters. The molecular weight excluding hydrogens is 262 g/mol. The van der Waals surface area contributed by atoms with Crippen LogP contribution in [0.3, 0.4) is 0 Å². The quantitative estimate of drug-likeness (QED) is 0.651. The van der Waals surface area contributed by atoms with E-state index in [-0.39, 0.29) is 23.5 Å². The van der Waals surface area contributed by atoms with Crippen LogP contribution < -0.4 is 10.2 Å². The summed E-state index contributed by atoms with van der Waals surface area (Å²) in [4.78, 5) is 18.6. The molecule has 1 aromatic rings. The van der Waals surface area contributed by atoms with E-state index in [1.54, 1.807) is 19.1 Å². The SMILES string of the molecule is CN(C)Nc1ncnc(OC2CCCCC2)c1[N+](=O)[O-]. The summed E-state index contributed by atoms with van der Waals surface area (Å²) in [6.45, 7) is 0. The first kappa shape index (κ1) is 14.4. The number of nitrogens with one attached hydrogen (secondary N) is 1. The van der Waals surface area contributed by atoms with Crippen molar-refractivity contribution in [2.75, 3.05) is 19.5 Å². The Balaban J connectivity index is 2.24. The van der Waals surface area contributed by atoms with Gasteiger partial charge in [-0.05, 0) is 25.7 Å². The molecule has 1 fully saturated rings. The van der Waals surface area contributed by atoms with Crippen molar-refractivity contribution in [3.8, 4) is 5.88 Å². The second-order valence-electron chi connectivity index (χ2n) is 5.02. The maximum absolute atomic E-state index is 11.3. The third kappa shape index (κ3) is 3.53. The van der Waals surface area contributed by atoms with Crippen LogP contribution in [0.1, 0.15) is 32.1 Å². The van der Waals surface area contributed by atoms with E-state index in [1.807, 2.05) is 0 Å². The van der Waals surface area contributed by atoms with Crippen LogP contribution in [0.25, 0.3) is 0 Å². The van der Waals surface area contributed by atoms with Crippen molar-refractivity contribution < 1.29 is 9.66 Å². The van der Waals surface area contributed by atoms with Gasteiger partial charge < -0.3 is 4.74 Å². The molecule has 0 unspecified atom stereocenters. The van der Waals surface area contributed by atoms with Gasteiger partial charge in [-0.2, -0.15) is 4.98 Å². The van der Waals surface area contributed by atoms with Gasteiger partial charge >= 0.3 is 5.69 Å². The lowest BCUT2D eigenvalue weighted by atomic mass is 9.98. The molecule has 0 aromatic carbocycles. The maximum Gasteiger partial charge on any atom is 0.374 e. The Morgan fingerprint density at radius 3 is 2.65 bits per heavy atom. The minimum atomic E-state index is -0.510. The number of hydrazine groups is 1. The Hall–Kier alpha value is -1.96. The van der Waals surface area contributed by atoms with Gasteiger partial charge in [-0.25, -0.2) is 9.99 Å². The Morgan fingerprint density at radius 2 is 2.05 bits per heavy atom. The fourth-order valence-electron chi connectivity index (χ4n) is 2.25. The maximum atomic E-state index is 11.3. The monoisotopic (exact) mass is 281 g/mol. The summed E-state index contributed by atoms with van der Waals surface area (Å²) in [5.74, 6) is 0.182. The Bertz CT molecular complexity index is 474. The predicted octanol–water partition coefficient (Wildman–Crippen LogP) is 1.98. The molecule has 0 radical (unpaired) electrons. The molecular formula is C12H19N5O3. The summed E-state index contributed by atoms with van der Waals surface area (Å²) in [5, 5.41) is 12.8. The number of nitro groups is 1. The van der Waals surface area contributed by atoms with Crippen LogP contribution in [0.15, 0.2) is 6.33 Å². The molecule has 20 heavy (non-hydrogen) atoms. The number of anilines is 1. The van der Waals surface area contributed by atoms with E-state index in [2.05, 4.69) is 15.4 Å². The van der Waals surface area contributed by atoms with E-state index in [4.69, 9.17) is 4.74 Å². The summed E-state index contributed by atoms with van der Waals surface area (Å²) < 4.78 is 5.72. The van der Waals surface area contributed by atoms with Gasteiger partial charge in [0.25, 0.3) is 5.88 Å². The van der Waals surface area contributed by atoms with Crippen LogP contribution in [0.5, 0.6) is 5.88 Å². The van der Waals surface area contributed by atoms with Crippen molar-refractivity contribution in [1.29, 1.82) is 0 Å². The summed E-state index contributed by atoms with van der Waals surface area (Å²) in [7, 11) is 3.46. The number of rotatable bonds is 5. The molecule has 1 aliphatic rings. The highest BCUT2D eigenvalue weighted by molar-refractivity contribution is 5.60. The number of ether oxygens (including phenoxy) is 1. The highest BCUT2D eigenvalue weighted by Gasteiger charge is 2.27. The van der Waals surface area contributed by atoms with Gasteiger partial charge in [-0.1, -0.05) is 6.42 Å². The fourth-order valence-corrected chi connectivity index (χ4v) is 2.25. The van der Waals surface area contributed by atoms with Gasteiger partial charge in [0.05, 0.1) is 4.92 Å². The topological polar surface area (TPSA) is 93.4 Å². The molecule has 0 saturated heterocycles. The zero-order valence-corrected chi connectivity index (χ0v) is 11.7. The average Bonchev–Trinajstić information content (AvgIpc) is 2.39. The van der Waals surface area contributed by atoms with Crippen molar-refractivity contribution >= 4 is 11.5 Å². The highest BCUT2D eigenvalue weighted by Crippen LogP contribution is 2.33. The average molecular weight is 281 g/mol. The molecule has 1 saturated carbocycles. The first-order valence-electron chi connectivity index (χ1n) is 6.68. The van der Waals surface area contributed by atoms with Gasteiger partial charge in [0, 0.05) is 14.1 Å². The van der Waals surface area contributed by atoms with Gasteiger partial charge in [-0.3, -0.25) is 15.5 Å². The van der Waals surface area contributed by atoms with Crippen molar-refractivity contribution in [1.82, 2.24) is 15.0 Å². The largest absolute Gasteiger partial charge is 0.469 e. The van der Waals surface area contributed by atoms with E-state index in [1.165, 1.54) is 12.7 Å². The van der Waals surface area contributed by atoms with Gasteiger partial charge in [-0.15, -0.1) is 0 Å². The van der Waals surface area contributed by atoms with Crippen molar-refractivity contribution in [3.05, 3.63) is 16.4 Å². The molecule has 1 aliphatic carbocycles. The summed E-state index contributed by atoms with van der Waals surface area (Å²) in [5.41, 5.74) is 2.58.